The standard InChI is InChI=1S/C18H26O3/c19-8-12-13(9-20)16-17(5-1-2-6-17)15(12)14-10-3-4-11(7-10)18(14,16)21/h10-11,14-16,19-21H,1-9H2/t10-,11-,14+,15+,16-,18+/m0/s1. The van der Waals surface area contributed by atoms with Gasteiger partial charge >= 0.3 is 0 Å². The fourth-order valence-electron chi connectivity index (χ4n) is 7.98. The molecule has 5 rings (SSSR count). The van der Waals surface area contributed by atoms with Crippen molar-refractivity contribution in [1.29, 1.82) is 0 Å². The number of aliphatic hydroxyl groups excluding tert-OH is 2. The second-order valence-corrected chi connectivity index (χ2v) is 8.40. The Morgan fingerprint density at radius 2 is 1.71 bits per heavy atom. The second kappa shape index (κ2) is 3.93. The van der Waals surface area contributed by atoms with Crippen molar-refractivity contribution in [3.63, 3.8) is 0 Å². The van der Waals surface area contributed by atoms with Crippen molar-refractivity contribution >= 4 is 0 Å². The van der Waals surface area contributed by atoms with E-state index in [9.17, 15) is 15.3 Å². The van der Waals surface area contributed by atoms with E-state index in [1.54, 1.807) is 0 Å². The van der Waals surface area contributed by atoms with Gasteiger partial charge in [0.05, 0.1) is 18.8 Å². The van der Waals surface area contributed by atoms with Gasteiger partial charge in [0.1, 0.15) is 0 Å². The molecule has 4 saturated carbocycles. The molecule has 5 aliphatic rings. The van der Waals surface area contributed by atoms with Gasteiger partial charge in [0.15, 0.2) is 0 Å². The summed E-state index contributed by atoms with van der Waals surface area (Å²) in [4.78, 5) is 0. The van der Waals surface area contributed by atoms with E-state index in [0.717, 1.165) is 11.1 Å². The zero-order chi connectivity index (χ0) is 14.4. The minimum atomic E-state index is -0.561. The van der Waals surface area contributed by atoms with Gasteiger partial charge in [-0.25, -0.2) is 0 Å². The Morgan fingerprint density at radius 3 is 2.38 bits per heavy atom. The van der Waals surface area contributed by atoms with Gasteiger partial charge in [-0.1, -0.05) is 12.8 Å². The lowest BCUT2D eigenvalue weighted by atomic mass is 9.65. The van der Waals surface area contributed by atoms with Gasteiger partial charge in [0, 0.05) is 5.92 Å². The number of hydrogen-bond acceptors (Lipinski definition) is 3. The Kier molecular flexibility index (Phi) is 2.45. The fraction of sp³-hybridized carbons (Fsp3) is 0.889. The Balaban J connectivity index is 1.73. The van der Waals surface area contributed by atoms with Crippen molar-refractivity contribution in [2.45, 2.75) is 50.5 Å². The maximum absolute atomic E-state index is 11.7. The third kappa shape index (κ3) is 1.19. The molecule has 1 spiro atoms. The van der Waals surface area contributed by atoms with E-state index in [4.69, 9.17) is 0 Å². The third-order valence-electron chi connectivity index (χ3n) is 8.20. The van der Waals surface area contributed by atoms with Gasteiger partial charge < -0.3 is 15.3 Å². The average Bonchev–Trinajstić information content (AvgIpc) is 3.25. The van der Waals surface area contributed by atoms with Gasteiger partial charge in [-0.15, -0.1) is 0 Å². The van der Waals surface area contributed by atoms with Crippen LogP contribution in [0.4, 0.5) is 0 Å². The molecule has 0 aliphatic heterocycles. The highest BCUT2D eigenvalue weighted by molar-refractivity contribution is 5.45. The summed E-state index contributed by atoms with van der Waals surface area (Å²) >= 11 is 0. The van der Waals surface area contributed by atoms with Crippen LogP contribution in [0.2, 0.25) is 0 Å². The molecule has 0 aromatic carbocycles. The molecular weight excluding hydrogens is 264 g/mol. The first-order valence-corrected chi connectivity index (χ1v) is 8.84. The summed E-state index contributed by atoms with van der Waals surface area (Å²) in [7, 11) is 0. The lowest BCUT2D eigenvalue weighted by Gasteiger charge is -2.44. The third-order valence-corrected chi connectivity index (χ3v) is 8.20. The Labute approximate surface area is 126 Å². The monoisotopic (exact) mass is 290 g/mol. The first-order valence-electron chi connectivity index (χ1n) is 8.84. The molecule has 4 fully saturated rings. The average molecular weight is 290 g/mol. The van der Waals surface area contributed by atoms with Crippen LogP contribution < -0.4 is 0 Å². The molecule has 0 heterocycles. The highest BCUT2D eigenvalue weighted by Crippen LogP contribution is 2.79. The van der Waals surface area contributed by atoms with Gasteiger partial charge in [-0.2, -0.15) is 0 Å². The molecule has 3 nitrogen and oxygen atoms in total. The summed E-state index contributed by atoms with van der Waals surface area (Å²) in [6.07, 6.45) is 8.50. The quantitative estimate of drug-likeness (QED) is 0.680. The van der Waals surface area contributed by atoms with Gasteiger partial charge in [0.2, 0.25) is 0 Å². The molecule has 6 atom stereocenters. The normalized spacial score (nSPS) is 52.4. The molecular formula is C18H26O3. The Hall–Kier alpha value is -0.380. The van der Waals surface area contributed by atoms with Crippen molar-refractivity contribution < 1.29 is 15.3 Å². The molecule has 4 bridgehead atoms. The van der Waals surface area contributed by atoms with Crippen LogP contribution in [0.15, 0.2) is 11.1 Å². The zero-order valence-electron chi connectivity index (χ0n) is 12.6. The SMILES string of the molecule is OCC1=C(CO)[C@H]2C3(CCCC3)[C@H]1[C@H]1[C@H]3CC[C@@H](C3)[C@@]12O. The molecule has 5 aliphatic carbocycles. The highest BCUT2D eigenvalue weighted by Gasteiger charge is 2.78. The van der Waals surface area contributed by atoms with E-state index < -0.39 is 5.60 Å². The molecule has 3 heteroatoms. The van der Waals surface area contributed by atoms with E-state index in [0.29, 0.717) is 23.7 Å². The topological polar surface area (TPSA) is 60.7 Å². The first kappa shape index (κ1) is 13.1. The molecule has 0 saturated heterocycles. The van der Waals surface area contributed by atoms with E-state index in [-0.39, 0.29) is 24.5 Å². The van der Waals surface area contributed by atoms with Crippen LogP contribution in [0.3, 0.4) is 0 Å². The van der Waals surface area contributed by atoms with Gasteiger partial charge in [-0.3, -0.25) is 0 Å². The summed E-state index contributed by atoms with van der Waals surface area (Å²) in [5.41, 5.74) is 1.76. The van der Waals surface area contributed by atoms with Crippen molar-refractivity contribution in [2.24, 2.45) is 35.0 Å². The minimum Gasteiger partial charge on any atom is -0.392 e. The van der Waals surface area contributed by atoms with Crippen LogP contribution >= 0.6 is 0 Å². The summed E-state index contributed by atoms with van der Waals surface area (Å²) in [5.74, 6) is 1.98. The van der Waals surface area contributed by atoms with Crippen LogP contribution in [-0.4, -0.2) is 34.1 Å². The fourth-order valence-corrected chi connectivity index (χ4v) is 7.98. The number of fused-ring (bicyclic) bond motifs is 7. The molecule has 3 N–H and O–H groups in total. The second-order valence-electron chi connectivity index (χ2n) is 8.40. The van der Waals surface area contributed by atoms with Crippen LogP contribution in [-0.2, 0) is 0 Å². The molecule has 0 aromatic heterocycles. The number of aliphatic hydroxyl groups is 3. The summed E-state index contributed by atoms with van der Waals surface area (Å²) in [5, 5.41) is 31.6. The van der Waals surface area contributed by atoms with Crippen LogP contribution in [0.5, 0.6) is 0 Å². The van der Waals surface area contributed by atoms with Crippen LogP contribution in [0.1, 0.15) is 44.9 Å². The van der Waals surface area contributed by atoms with Crippen molar-refractivity contribution in [2.75, 3.05) is 13.2 Å². The van der Waals surface area contributed by atoms with Crippen molar-refractivity contribution in [3.05, 3.63) is 11.1 Å². The van der Waals surface area contributed by atoms with Gasteiger partial charge in [0.25, 0.3) is 0 Å². The van der Waals surface area contributed by atoms with Gasteiger partial charge in [-0.05, 0) is 72.3 Å². The van der Waals surface area contributed by atoms with E-state index in [1.807, 2.05) is 0 Å². The number of rotatable bonds is 2. The summed E-state index contributed by atoms with van der Waals surface area (Å²) in [6.45, 7) is 0.119. The largest absolute Gasteiger partial charge is 0.392 e. The van der Waals surface area contributed by atoms with Crippen molar-refractivity contribution in [3.8, 4) is 0 Å². The smallest absolute Gasteiger partial charge is 0.0783 e. The molecule has 116 valence electrons. The van der Waals surface area contributed by atoms with E-state index in [1.165, 1.54) is 44.9 Å². The Morgan fingerprint density at radius 1 is 1.00 bits per heavy atom. The molecule has 21 heavy (non-hydrogen) atoms. The van der Waals surface area contributed by atoms with Crippen LogP contribution in [0.25, 0.3) is 0 Å². The maximum atomic E-state index is 11.7. The lowest BCUT2D eigenvalue weighted by molar-refractivity contribution is -0.0841. The molecule has 0 unspecified atom stereocenters. The summed E-state index contributed by atoms with van der Waals surface area (Å²) in [6, 6.07) is 0. The molecule has 0 amide bonds. The van der Waals surface area contributed by atoms with Crippen LogP contribution in [0, 0.1) is 35.0 Å². The molecule has 0 aromatic rings. The minimum absolute atomic E-state index is 0.0330. The van der Waals surface area contributed by atoms with E-state index >= 15 is 0 Å². The number of hydrogen-bond donors (Lipinski definition) is 3. The molecule has 0 radical (unpaired) electrons. The van der Waals surface area contributed by atoms with E-state index in [2.05, 4.69) is 0 Å². The Bertz CT molecular complexity index is 519. The summed E-state index contributed by atoms with van der Waals surface area (Å²) < 4.78 is 0. The predicted octanol–water partition coefficient (Wildman–Crippen LogP) is 1.86. The maximum Gasteiger partial charge on any atom is 0.0783 e. The first-order chi connectivity index (χ1) is 10.2. The predicted molar refractivity (Wildman–Crippen MR) is 78.3 cm³/mol. The van der Waals surface area contributed by atoms with Crippen molar-refractivity contribution in [1.82, 2.24) is 0 Å². The lowest BCUT2D eigenvalue weighted by Crippen LogP contribution is -2.50. The zero-order valence-corrected chi connectivity index (χ0v) is 12.6. The highest BCUT2D eigenvalue weighted by atomic mass is 16.3.